The second kappa shape index (κ2) is 5.33. The molecule has 0 aliphatic heterocycles. The van der Waals surface area contributed by atoms with Gasteiger partial charge in [-0.15, -0.1) is 6.58 Å². The Hall–Kier alpha value is -1.33. The van der Waals surface area contributed by atoms with Crippen molar-refractivity contribution in [3.63, 3.8) is 0 Å². The van der Waals surface area contributed by atoms with Crippen molar-refractivity contribution >= 4 is 10.0 Å². The van der Waals surface area contributed by atoms with Gasteiger partial charge < -0.3 is 5.11 Å². The first-order valence-electron chi connectivity index (χ1n) is 5.32. The van der Waals surface area contributed by atoms with E-state index in [0.29, 0.717) is 0 Å². The fourth-order valence-corrected chi connectivity index (χ4v) is 3.21. The van der Waals surface area contributed by atoms with Gasteiger partial charge in [-0.25, -0.2) is 8.42 Å². The Morgan fingerprint density at radius 3 is 2.47 bits per heavy atom. The van der Waals surface area contributed by atoms with Gasteiger partial charge in [0.2, 0.25) is 10.0 Å². The Kier molecular flexibility index (Phi) is 4.31. The fourth-order valence-electron chi connectivity index (χ4n) is 1.52. The minimum atomic E-state index is -3.68. The zero-order valence-corrected chi connectivity index (χ0v) is 10.8. The number of hydrogen-bond acceptors (Lipinski definition) is 3. The highest BCUT2D eigenvalue weighted by Crippen LogP contribution is 2.26. The van der Waals surface area contributed by atoms with Crippen LogP contribution in [0.5, 0.6) is 5.75 Å². The Bertz CT molecular complexity index is 494. The number of benzene rings is 1. The first-order chi connectivity index (χ1) is 7.91. The van der Waals surface area contributed by atoms with Gasteiger partial charge in [0, 0.05) is 12.6 Å². The van der Waals surface area contributed by atoms with Crippen molar-refractivity contribution in [2.24, 2.45) is 0 Å². The Labute approximate surface area is 102 Å². The zero-order chi connectivity index (χ0) is 13.1. The van der Waals surface area contributed by atoms with E-state index in [4.69, 9.17) is 0 Å². The van der Waals surface area contributed by atoms with E-state index in [1.54, 1.807) is 26.0 Å². The van der Waals surface area contributed by atoms with E-state index in [0.717, 1.165) is 0 Å². The molecule has 0 fully saturated rings. The monoisotopic (exact) mass is 255 g/mol. The van der Waals surface area contributed by atoms with Gasteiger partial charge in [-0.3, -0.25) is 0 Å². The molecule has 0 saturated carbocycles. The molecule has 94 valence electrons. The number of para-hydroxylation sites is 1. The topological polar surface area (TPSA) is 57.6 Å². The van der Waals surface area contributed by atoms with Crippen LogP contribution in [0.3, 0.4) is 0 Å². The number of phenols is 1. The Morgan fingerprint density at radius 1 is 1.41 bits per heavy atom. The molecule has 1 aromatic carbocycles. The average molecular weight is 255 g/mol. The van der Waals surface area contributed by atoms with Gasteiger partial charge in [0.05, 0.1) is 0 Å². The third-order valence-corrected chi connectivity index (χ3v) is 4.43. The van der Waals surface area contributed by atoms with E-state index in [2.05, 4.69) is 6.58 Å². The first kappa shape index (κ1) is 13.7. The molecule has 0 saturated heterocycles. The van der Waals surface area contributed by atoms with Crippen molar-refractivity contribution in [2.75, 3.05) is 6.54 Å². The summed E-state index contributed by atoms with van der Waals surface area (Å²) >= 11 is 0. The Balaban J connectivity index is 3.26. The van der Waals surface area contributed by atoms with Crippen LogP contribution in [0.15, 0.2) is 41.8 Å². The van der Waals surface area contributed by atoms with E-state index in [-0.39, 0.29) is 23.2 Å². The molecular weight excluding hydrogens is 238 g/mol. The first-order valence-corrected chi connectivity index (χ1v) is 6.76. The molecule has 4 nitrogen and oxygen atoms in total. The number of nitrogens with zero attached hydrogens (tertiary/aromatic N) is 1. The second-order valence-electron chi connectivity index (χ2n) is 3.92. The number of hydrogen-bond donors (Lipinski definition) is 1. The lowest BCUT2D eigenvalue weighted by Gasteiger charge is -2.24. The standard InChI is InChI=1S/C12H17NO3S/c1-4-9-13(10(2)3)17(15,16)12-8-6-5-7-11(12)14/h4-8,10,14H,1,9H2,2-3H3. The van der Waals surface area contributed by atoms with Crippen molar-refractivity contribution in [1.29, 1.82) is 0 Å². The van der Waals surface area contributed by atoms with Crippen molar-refractivity contribution < 1.29 is 13.5 Å². The number of rotatable bonds is 5. The third kappa shape index (κ3) is 2.87. The lowest BCUT2D eigenvalue weighted by atomic mass is 10.3. The van der Waals surface area contributed by atoms with Gasteiger partial charge in [0.1, 0.15) is 10.6 Å². The molecule has 1 aromatic rings. The SMILES string of the molecule is C=CCN(C(C)C)S(=O)(=O)c1ccccc1O. The van der Waals surface area contributed by atoms with Gasteiger partial charge in [-0.1, -0.05) is 18.2 Å². The van der Waals surface area contributed by atoms with Crippen LogP contribution in [0, 0.1) is 0 Å². The van der Waals surface area contributed by atoms with Crippen molar-refractivity contribution in [2.45, 2.75) is 24.8 Å². The normalized spacial score (nSPS) is 12.0. The van der Waals surface area contributed by atoms with Crippen LogP contribution in [0.2, 0.25) is 0 Å². The van der Waals surface area contributed by atoms with Gasteiger partial charge >= 0.3 is 0 Å². The zero-order valence-electron chi connectivity index (χ0n) is 10.00. The van der Waals surface area contributed by atoms with Gasteiger partial charge in [-0.05, 0) is 26.0 Å². The van der Waals surface area contributed by atoms with Gasteiger partial charge in [0.25, 0.3) is 0 Å². The van der Waals surface area contributed by atoms with Crippen LogP contribution in [-0.4, -0.2) is 30.4 Å². The maximum Gasteiger partial charge on any atom is 0.247 e. The van der Waals surface area contributed by atoms with E-state index in [1.165, 1.54) is 22.5 Å². The molecule has 0 radical (unpaired) electrons. The summed E-state index contributed by atoms with van der Waals surface area (Å²) in [4.78, 5) is -0.0736. The quantitative estimate of drug-likeness (QED) is 0.818. The summed E-state index contributed by atoms with van der Waals surface area (Å²) in [6.07, 6.45) is 1.53. The molecule has 0 bridgehead atoms. The van der Waals surface area contributed by atoms with Crippen LogP contribution >= 0.6 is 0 Å². The summed E-state index contributed by atoms with van der Waals surface area (Å²) in [7, 11) is -3.68. The molecular formula is C12H17NO3S. The summed E-state index contributed by atoms with van der Waals surface area (Å²) in [5.41, 5.74) is 0. The smallest absolute Gasteiger partial charge is 0.247 e. The Morgan fingerprint density at radius 2 is 2.00 bits per heavy atom. The van der Waals surface area contributed by atoms with Crippen molar-refractivity contribution in [1.82, 2.24) is 4.31 Å². The molecule has 0 aromatic heterocycles. The molecule has 17 heavy (non-hydrogen) atoms. The number of sulfonamides is 1. The summed E-state index contributed by atoms with van der Waals surface area (Å²) < 4.78 is 25.9. The summed E-state index contributed by atoms with van der Waals surface area (Å²) in [5.74, 6) is -0.234. The minimum absolute atomic E-state index is 0.0736. The molecule has 0 unspecified atom stereocenters. The van der Waals surface area contributed by atoms with E-state index >= 15 is 0 Å². The van der Waals surface area contributed by atoms with Gasteiger partial charge in [0.15, 0.2) is 0 Å². The molecule has 0 heterocycles. The maximum atomic E-state index is 12.3. The predicted molar refractivity (Wildman–Crippen MR) is 67.3 cm³/mol. The third-order valence-electron chi connectivity index (χ3n) is 2.34. The molecule has 0 atom stereocenters. The molecule has 0 aliphatic rings. The van der Waals surface area contributed by atoms with E-state index < -0.39 is 10.0 Å². The number of aromatic hydroxyl groups is 1. The molecule has 5 heteroatoms. The largest absolute Gasteiger partial charge is 0.507 e. The van der Waals surface area contributed by atoms with Crippen LogP contribution in [0.4, 0.5) is 0 Å². The summed E-state index contributed by atoms with van der Waals surface area (Å²) in [6.45, 7) is 7.32. The average Bonchev–Trinajstić information content (AvgIpc) is 2.25. The molecule has 0 aliphatic carbocycles. The highest BCUT2D eigenvalue weighted by molar-refractivity contribution is 7.89. The maximum absolute atomic E-state index is 12.3. The molecule has 0 spiro atoms. The summed E-state index contributed by atoms with van der Waals surface area (Å²) in [5, 5.41) is 9.61. The molecule has 0 amide bonds. The fraction of sp³-hybridized carbons (Fsp3) is 0.333. The van der Waals surface area contributed by atoms with Crippen LogP contribution < -0.4 is 0 Å². The van der Waals surface area contributed by atoms with Crippen LogP contribution in [0.1, 0.15) is 13.8 Å². The van der Waals surface area contributed by atoms with Crippen molar-refractivity contribution in [3.05, 3.63) is 36.9 Å². The second-order valence-corrected chi connectivity index (χ2v) is 5.78. The van der Waals surface area contributed by atoms with Crippen LogP contribution in [0.25, 0.3) is 0 Å². The molecule has 1 rings (SSSR count). The highest BCUT2D eigenvalue weighted by atomic mass is 32.2. The van der Waals surface area contributed by atoms with Crippen molar-refractivity contribution in [3.8, 4) is 5.75 Å². The lowest BCUT2D eigenvalue weighted by molar-refractivity contribution is 0.378. The summed E-state index contributed by atoms with van der Waals surface area (Å²) in [6, 6.07) is 5.72. The van der Waals surface area contributed by atoms with Gasteiger partial charge in [-0.2, -0.15) is 4.31 Å². The predicted octanol–water partition coefficient (Wildman–Crippen LogP) is 1.98. The minimum Gasteiger partial charge on any atom is -0.507 e. The number of phenolic OH excluding ortho intramolecular Hbond substituents is 1. The highest BCUT2D eigenvalue weighted by Gasteiger charge is 2.27. The van der Waals surface area contributed by atoms with E-state index in [9.17, 15) is 13.5 Å². The van der Waals surface area contributed by atoms with E-state index in [1.807, 2.05) is 0 Å². The molecule has 1 N–H and O–H groups in total. The van der Waals surface area contributed by atoms with Crippen LogP contribution in [-0.2, 0) is 10.0 Å². The lowest BCUT2D eigenvalue weighted by Crippen LogP contribution is -2.37.